The Bertz CT molecular complexity index is 1290. The van der Waals surface area contributed by atoms with Crippen molar-refractivity contribution in [3.05, 3.63) is 115 Å². The van der Waals surface area contributed by atoms with E-state index in [2.05, 4.69) is 0 Å². The minimum absolute atomic E-state index is 0.615. The molecule has 0 radical (unpaired) electrons. The molecule has 0 fully saturated rings. The zero-order chi connectivity index (χ0) is 20.4. The molecule has 0 bridgehead atoms. The third kappa shape index (κ3) is 3.22. The lowest BCUT2D eigenvalue weighted by atomic mass is 10.2. The first-order valence-electron chi connectivity index (χ1n) is 9.70. The Morgan fingerprint density at radius 3 is 1.73 bits per heavy atom. The summed E-state index contributed by atoms with van der Waals surface area (Å²) in [6.45, 7) is 0. The minimum atomic E-state index is -3.44. The second kappa shape index (κ2) is 7.66. The quantitative estimate of drug-likeness (QED) is 0.381. The standard InChI is InChI=1S/C25H19N2O2P/c28-30(21-14-6-2-7-15-21,22-16-8-3-9-17-22)29-27-24-19-11-10-18-23(24)26-25(27)20-12-4-1-5-13-20/h1-19H. The summed E-state index contributed by atoms with van der Waals surface area (Å²) in [4.78, 5) is 4.77. The number of aromatic nitrogens is 2. The number of nitrogens with zero attached hydrogens (tertiary/aromatic N) is 2. The van der Waals surface area contributed by atoms with Gasteiger partial charge in [-0.1, -0.05) is 78.9 Å². The van der Waals surface area contributed by atoms with Crippen LogP contribution >= 0.6 is 7.37 Å². The average molecular weight is 410 g/mol. The van der Waals surface area contributed by atoms with Gasteiger partial charge in [0.05, 0.1) is 16.1 Å². The van der Waals surface area contributed by atoms with Gasteiger partial charge in [-0.15, -0.1) is 0 Å². The van der Waals surface area contributed by atoms with Gasteiger partial charge in [-0.05, 0) is 36.4 Å². The molecule has 0 saturated heterocycles. The highest BCUT2D eigenvalue weighted by molar-refractivity contribution is 7.74. The molecule has 4 nitrogen and oxygen atoms in total. The van der Waals surface area contributed by atoms with Crippen LogP contribution in [-0.2, 0) is 4.57 Å². The van der Waals surface area contributed by atoms with Crippen LogP contribution in [0.5, 0.6) is 0 Å². The van der Waals surface area contributed by atoms with Crippen molar-refractivity contribution < 1.29 is 9.19 Å². The zero-order valence-corrected chi connectivity index (χ0v) is 17.0. The molecule has 0 aliphatic heterocycles. The molecule has 0 amide bonds. The number of rotatable bonds is 5. The van der Waals surface area contributed by atoms with Crippen molar-refractivity contribution in [3.8, 4) is 11.4 Å². The Kier molecular flexibility index (Phi) is 4.70. The monoisotopic (exact) mass is 410 g/mol. The van der Waals surface area contributed by atoms with Crippen molar-refractivity contribution in [3.63, 3.8) is 0 Å². The van der Waals surface area contributed by atoms with Crippen molar-refractivity contribution in [1.82, 2.24) is 9.71 Å². The van der Waals surface area contributed by atoms with Crippen LogP contribution < -0.4 is 15.2 Å². The van der Waals surface area contributed by atoms with E-state index < -0.39 is 7.37 Å². The van der Waals surface area contributed by atoms with Gasteiger partial charge in [0.15, 0.2) is 5.82 Å². The summed E-state index contributed by atoms with van der Waals surface area (Å²) >= 11 is 0. The molecule has 0 saturated carbocycles. The molecule has 30 heavy (non-hydrogen) atoms. The lowest BCUT2D eigenvalue weighted by molar-refractivity contribution is 0.302. The molecule has 0 aliphatic rings. The van der Waals surface area contributed by atoms with Gasteiger partial charge in [-0.25, -0.2) is 4.98 Å². The second-order valence-electron chi connectivity index (χ2n) is 6.89. The lowest BCUT2D eigenvalue weighted by Crippen LogP contribution is -2.25. The third-order valence-corrected chi connectivity index (χ3v) is 7.29. The maximum Gasteiger partial charge on any atom is 0.328 e. The van der Waals surface area contributed by atoms with Gasteiger partial charge in [-0.3, -0.25) is 4.57 Å². The van der Waals surface area contributed by atoms with Crippen LogP contribution in [0.15, 0.2) is 115 Å². The first-order valence-corrected chi connectivity index (χ1v) is 11.3. The summed E-state index contributed by atoms with van der Waals surface area (Å²) in [5.41, 5.74) is 2.44. The lowest BCUT2D eigenvalue weighted by Gasteiger charge is -2.21. The summed E-state index contributed by atoms with van der Waals surface area (Å²) in [5.74, 6) is 0.615. The zero-order valence-electron chi connectivity index (χ0n) is 16.1. The van der Waals surface area contributed by atoms with E-state index >= 15 is 0 Å². The molecule has 0 aliphatic carbocycles. The SMILES string of the molecule is O=P(On1c(-c2ccccc2)nc2ccccc21)(c1ccccc1)c1ccccc1. The van der Waals surface area contributed by atoms with Gasteiger partial charge >= 0.3 is 7.37 Å². The van der Waals surface area contributed by atoms with Gasteiger partial charge in [0.25, 0.3) is 0 Å². The van der Waals surface area contributed by atoms with Crippen LogP contribution in [0.1, 0.15) is 0 Å². The summed E-state index contributed by atoms with van der Waals surface area (Å²) in [7, 11) is -3.44. The van der Waals surface area contributed by atoms with Crippen LogP contribution in [0.3, 0.4) is 0 Å². The van der Waals surface area contributed by atoms with Crippen molar-refractivity contribution >= 4 is 29.0 Å². The van der Waals surface area contributed by atoms with Gasteiger partial charge < -0.3 is 4.62 Å². The van der Waals surface area contributed by atoms with Crippen LogP contribution in [0.2, 0.25) is 0 Å². The molecule has 5 rings (SSSR count). The Morgan fingerprint density at radius 1 is 0.633 bits per heavy atom. The fourth-order valence-electron chi connectivity index (χ4n) is 3.46. The first-order chi connectivity index (χ1) is 14.8. The number of benzene rings is 4. The largest absolute Gasteiger partial charge is 0.346 e. The van der Waals surface area contributed by atoms with Crippen LogP contribution in [0.4, 0.5) is 0 Å². The molecule has 5 aromatic rings. The van der Waals surface area contributed by atoms with Crippen LogP contribution in [0, 0.1) is 0 Å². The Morgan fingerprint density at radius 2 is 1.13 bits per heavy atom. The maximum atomic E-state index is 14.4. The topological polar surface area (TPSA) is 44.1 Å². The Labute approximate surface area is 174 Å². The smallest absolute Gasteiger partial charge is 0.328 e. The van der Waals surface area contributed by atoms with Gasteiger partial charge in [0.1, 0.15) is 5.52 Å². The highest BCUT2D eigenvalue weighted by atomic mass is 31.2. The summed E-state index contributed by atoms with van der Waals surface area (Å²) < 4.78 is 22.5. The molecule has 0 N–H and O–H groups in total. The summed E-state index contributed by atoms with van der Waals surface area (Å²) in [6.07, 6.45) is 0. The molecule has 4 aromatic carbocycles. The fourth-order valence-corrected chi connectivity index (χ4v) is 5.47. The third-order valence-electron chi connectivity index (χ3n) is 4.94. The predicted molar refractivity (Wildman–Crippen MR) is 122 cm³/mol. The molecule has 0 atom stereocenters. The fraction of sp³-hybridized carbons (Fsp3) is 0. The van der Waals surface area contributed by atoms with E-state index in [-0.39, 0.29) is 0 Å². The van der Waals surface area contributed by atoms with E-state index in [9.17, 15) is 4.57 Å². The van der Waals surface area contributed by atoms with E-state index in [0.29, 0.717) is 16.4 Å². The molecular weight excluding hydrogens is 391 g/mol. The second-order valence-corrected chi connectivity index (χ2v) is 9.19. The predicted octanol–water partition coefficient (Wildman–Crippen LogP) is 5.06. The molecule has 1 aromatic heterocycles. The Hall–Kier alpha value is -3.62. The van der Waals surface area contributed by atoms with E-state index in [1.807, 2.05) is 115 Å². The van der Waals surface area contributed by atoms with Gasteiger partial charge in [-0.2, -0.15) is 4.73 Å². The van der Waals surface area contributed by atoms with Gasteiger partial charge in [0.2, 0.25) is 0 Å². The minimum Gasteiger partial charge on any atom is -0.346 e. The summed E-state index contributed by atoms with van der Waals surface area (Å²) in [5, 5.41) is 1.26. The number of hydrogen-bond acceptors (Lipinski definition) is 3. The van der Waals surface area contributed by atoms with Crippen LogP contribution in [-0.4, -0.2) is 9.71 Å². The molecule has 5 heteroatoms. The summed E-state index contributed by atoms with van der Waals surface area (Å²) in [6, 6.07) is 36.2. The Balaban J connectivity index is 1.74. The maximum absolute atomic E-state index is 14.4. The molecule has 0 spiro atoms. The number of imidazole rings is 1. The van der Waals surface area contributed by atoms with E-state index in [1.165, 1.54) is 0 Å². The van der Waals surface area contributed by atoms with Crippen molar-refractivity contribution in [2.24, 2.45) is 0 Å². The van der Waals surface area contributed by atoms with Crippen molar-refractivity contribution in [2.45, 2.75) is 0 Å². The van der Waals surface area contributed by atoms with E-state index in [4.69, 9.17) is 9.61 Å². The molecule has 0 unspecified atom stereocenters. The molecule has 1 heterocycles. The van der Waals surface area contributed by atoms with Crippen molar-refractivity contribution in [2.75, 3.05) is 0 Å². The number of fused-ring (bicyclic) bond motifs is 1. The molecule has 146 valence electrons. The first kappa shape index (κ1) is 18.4. The average Bonchev–Trinajstić information content (AvgIpc) is 3.19. The number of hydrogen-bond donors (Lipinski definition) is 0. The van der Waals surface area contributed by atoms with Crippen LogP contribution in [0.25, 0.3) is 22.4 Å². The molecular formula is C25H19N2O2P. The van der Waals surface area contributed by atoms with E-state index in [1.54, 1.807) is 4.73 Å². The normalized spacial score (nSPS) is 11.5. The highest BCUT2D eigenvalue weighted by Gasteiger charge is 2.32. The highest BCUT2D eigenvalue weighted by Crippen LogP contribution is 2.42. The van der Waals surface area contributed by atoms with E-state index in [0.717, 1.165) is 16.6 Å². The van der Waals surface area contributed by atoms with Crippen molar-refractivity contribution in [1.29, 1.82) is 0 Å². The number of para-hydroxylation sites is 2. The van der Waals surface area contributed by atoms with Gasteiger partial charge in [0, 0.05) is 5.56 Å².